The van der Waals surface area contributed by atoms with Gasteiger partial charge in [0.05, 0.1) is 55.9 Å². The predicted octanol–water partition coefficient (Wildman–Crippen LogP) is 1.79. The summed E-state index contributed by atoms with van der Waals surface area (Å²) in [6.45, 7) is 1.79. The molecule has 162 valence electrons. The molecule has 0 aliphatic carbocycles. The Hall–Kier alpha value is -2.28. The first-order chi connectivity index (χ1) is 14.2. The molecule has 1 unspecified atom stereocenters. The standard InChI is InChI=1S/C18H19F3N4O4S/c19-18(20,21)13-2-1-3-14(10-13)30(27,28)24-4-5-25-16(12-24)15(11-22-25)17(26)23-6-8-29-9-7-23/h1-3,10-11H,4-9,12H2. The van der Waals surface area contributed by atoms with Crippen molar-refractivity contribution in [2.75, 3.05) is 32.8 Å². The minimum absolute atomic E-state index is 0.0401. The summed E-state index contributed by atoms with van der Waals surface area (Å²) in [6, 6.07) is 3.65. The fraction of sp³-hybridized carbons (Fsp3) is 0.444. The fourth-order valence-electron chi connectivity index (χ4n) is 3.53. The second-order valence-electron chi connectivity index (χ2n) is 7.00. The molecule has 0 saturated carbocycles. The second-order valence-corrected chi connectivity index (χ2v) is 8.93. The van der Waals surface area contributed by atoms with E-state index in [-0.39, 0.29) is 25.5 Å². The van der Waals surface area contributed by atoms with E-state index in [0.717, 1.165) is 22.5 Å². The molecular weight excluding hydrogens is 425 g/mol. The molecule has 1 atom stereocenters. The van der Waals surface area contributed by atoms with Crippen LogP contribution in [0.4, 0.5) is 13.2 Å². The van der Waals surface area contributed by atoms with Crippen LogP contribution in [0.25, 0.3) is 0 Å². The first-order valence-electron chi connectivity index (χ1n) is 9.27. The lowest BCUT2D eigenvalue weighted by molar-refractivity contribution is -0.137. The molecule has 3 heterocycles. The minimum Gasteiger partial charge on any atom is -0.593 e. The lowest BCUT2D eigenvalue weighted by Crippen LogP contribution is -2.44. The van der Waals surface area contributed by atoms with Gasteiger partial charge in [0, 0.05) is 19.2 Å². The third-order valence-corrected chi connectivity index (χ3v) is 7.01. The van der Waals surface area contributed by atoms with Crippen molar-refractivity contribution < 1.29 is 31.5 Å². The zero-order chi connectivity index (χ0) is 21.5. The Bertz CT molecular complexity index is 1000. The Morgan fingerprint density at radius 3 is 2.60 bits per heavy atom. The number of rotatable bonds is 3. The number of carbonyl (C=O) groups is 1. The van der Waals surface area contributed by atoms with E-state index in [2.05, 4.69) is 5.10 Å². The number of carbonyl (C=O) groups excluding carboxylic acids is 1. The molecule has 30 heavy (non-hydrogen) atoms. The normalized spacial score (nSPS) is 19.9. The maximum atomic E-state index is 13.0. The molecule has 1 fully saturated rings. The Kier molecular flexibility index (Phi) is 5.43. The lowest BCUT2D eigenvalue weighted by atomic mass is 10.2. The van der Waals surface area contributed by atoms with Gasteiger partial charge in [0.25, 0.3) is 5.91 Å². The Morgan fingerprint density at radius 1 is 1.17 bits per heavy atom. The molecule has 0 bridgehead atoms. The highest BCUT2D eigenvalue weighted by atomic mass is 32.3. The van der Waals surface area contributed by atoms with Crippen LogP contribution in [0.5, 0.6) is 0 Å². The Labute approximate surface area is 171 Å². The summed E-state index contributed by atoms with van der Waals surface area (Å²) in [5.74, 6) is -0.266. The van der Waals surface area contributed by atoms with E-state index in [1.54, 1.807) is 9.58 Å². The van der Waals surface area contributed by atoms with E-state index in [9.17, 15) is 26.7 Å². The first kappa shape index (κ1) is 21.0. The van der Waals surface area contributed by atoms with E-state index in [1.807, 2.05) is 0 Å². The molecule has 0 N–H and O–H groups in total. The number of aromatic nitrogens is 2. The third-order valence-electron chi connectivity index (χ3n) is 5.16. The molecular formula is C18H19F3N4O4S. The number of alkyl halides is 3. The minimum atomic E-state index is -4.65. The monoisotopic (exact) mass is 444 g/mol. The highest BCUT2D eigenvalue weighted by Gasteiger charge is 2.38. The van der Waals surface area contributed by atoms with Crippen molar-refractivity contribution in [1.82, 2.24) is 19.0 Å². The smallest absolute Gasteiger partial charge is 0.416 e. The van der Waals surface area contributed by atoms with Crippen LogP contribution in [0.2, 0.25) is 0 Å². The summed E-state index contributed by atoms with van der Waals surface area (Å²) in [4.78, 5) is 14.0. The van der Waals surface area contributed by atoms with Crippen LogP contribution in [0.3, 0.4) is 0 Å². The number of hydrogen-bond acceptors (Lipinski definition) is 5. The van der Waals surface area contributed by atoms with E-state index in [1.165, 1.54) is 6.20 Å². The Morgan fingerprint density at radius 2 is 1.90 bits per heavy atom. The second kappa shape index (κ2) is 7.76. The number of hydrogen-bond donors (Lipinski definition) is 0. The number of sulfonamides is 1. The van der Waals surface area contributed by atoms with Crippen molar-refractivity contribution in [3.8, 4) is 0 Å². The number of benzene rings is 1. The zero-order valence-electron chi connectivity index (χ0n) is 15.8. The van der Waals surface area contributed by atoms with E-state index < -0.39 is 27.0 Å². The molecule has 1 amide bonds. The van der Waals surface area contributed by atoms with Crippen LogP contribution in [-0.4, -0.2) is 62.3 Å². The van der Waals surface area contributed by atoms with Crippen LogP contribution >= 0.6 is 0 Å². The topological polar surface area (TPSA) is 90.7 Å². The number of nitrogens with zero attached hydrogens (tertiary/aromatic N) is 4. The van der Waals surface area contributed by atoms with Crippen molar-refractivity contribution >= 4 is 16.3 Å². The Balaban J connectivity index is 1.60. The fourth-order valence-corrected chi connectivity index (χ4v) is 4.96. The highest BCUT2D eigenvalue weighted by Crippen LogP contribution is 2.33. The first-order valence-corrected chi connectivity index (χ1v) is 10.7. The predicted molar refractivity (Wildman–Crippen MR) is 97.9 cm³/mol. The number of amides is 1. The maximum absolute atomic E-state index is 13.0. The van der Waals surface area contributed by atoms with Crippen molar-refractivity contribution in [2.24, 2.45) is 0 Å². The summed E-state index contributed by atoms with van der Waals surface area (Å²) in [7, 11) is -4.19. The van der Waals surface area contributed by atoms with Gasteiger partial charge in [-0.3, -0.25) is 9.48 Å². The van der Waals surface area contributed by atoms with Crippen molar-refractivity contribution in [3.63, 3.8) is 0 Å². The van der Waals surface area contributed by atoms with E-state index in [0.29, 0.717) is 43.6 Å². The summed E-state index contributed by atoms with van der Waals surface area (Å²) in [5, 5.41) is 4.18. The molecule has 2 aliphatic rings. The van der Waals surface area contributed by atoms with Crippen LogP contribution in [0.1, 0.15) is 21.6 Å². The summed E-state index contributed by atoms with van der Waals surface area (Å²) in [5.41, 5.74) is -0.317. The molecule has 1 aromatic heterocycles. The summed E-state index contributed by atoms with van der Waals surface area (Å²) < 4.78 is 72.9. The molecule has 2 aliphatic heterocycles. The average molecular weight is 444 g/mol. The molecule has 4 rings (SSSR count). The van der Waals surface area contributed by atoms with Gasteiger partial charge in [-0.05, 0) is 12.1 Å². The van der Waals surface area contributed by atoms with Crippen LogP contribution in [-0.2, 0) is 38.6 Å². The summed E-state index contributed by atoms with van der Waals surface area (Å²) >= 11 is 0. The van der Waals surface area contributed by atoms with E-state index >= 15 is 0 Å². The van der Waals surface area contributed by atoms with Crippen LogP contribution in [0.15, 0.2) is 35.4 Å². The third kappa shape index (κ3) is 3.87. The van der Waals surface area contributed by atoms with Crippen LogP contribution in [0, 0.1) is 0 Å². The van der Waals surface area contributed by atoms with Gasteiger partial charge < -0.3 is 14.2 Å². The molecule has 0 spiro atoms. The van der Waals surface area contributed by atoms with Crippen molar-refractivity contribution in [3.05, 3.63) is 47.3 Å². The largest absolute Gasteiger partial charge is 0.593 e. The molecule has 0 radical (unpaired) electrons. The summed E-state index contributed by atoms with van der Waals surface area (Å²) in [6.07, 6.45) is -3.24. The van der Waals surface area contributed by atoms with Gasteiger partial charge in [-0.1, -0.05) is 10.3 Å². The SMILES string of the molecule is O=C(c1cnn2c1CN([S+](=O)([O-])c1cccc(C(F)(F)F)c1)CC2)N1CCOCC1. The quantitative estimate of drug-likeness (QED) is 0.674. The van der Waals surface area contributed by atoms with Gasteiger partial charge >= 0.3 is 6.18 Å². The van der Waals surface area contributed by atoms with Gasteiger partial charge in [-0.15, -0.1) is 4.31 Å². The molecule has 12 heteroatoms. The molecule has 8 nitrogen and oxygen atoms in total. The molecule has 2 aromatic rings. The zero-order valence-corrected chi connectivity index (χ0v) is 16.6. The van der Waals surface area contributed by atoms with Gasteiger partial charge in [-0.2, -0.15) is 18.3 Å². The van der Waals surface area contributed by atoms with Gasteiger partial charge in [0.2, 0.25) is 0 Å². The maximum Gasteiger partial charge on any atom is 0.416 e. The number of ether oxygens (including phenoxy) is 1. The lowest BCUT2D eigenvalue weighted by Gasteiger charge is -2.32. The van der Waals surface area contributed by atoms with Crippen LogP contribution < -0.4 is 0 Å². The van der Waals surface area contributed by atoms with E-state index in [4.69, 9.17) is 4.74 Å². The van der Waals surface area contributed by atoms with Crippen molar-refractivity contribution in [2.45, 2.75) is 24.2 Å². The highest BCUT2D eigenvalue weighted by molar-refractivity contribution is 7.95. The van der Waals surface area contributed by atoms with Gasteiger partial charge in [0.15, 0.2) is 15.3 Å². The average Bonchev–Trinajstić information content (AvgIpc) is 3.16. The van der Waals surface area contributed by atoms with Gasteiger partial charge in [0.1, 0.15) is 0 Å². The molecule has 1 aromatic carbocycles. The van der Waals surface area contributed by atoms with Crippen molar-refractivity contribution in [1.29, 1.82) is 0 Å². The van der Waals surface area contributed by atoms with Gasteiger partial charge in [-0.25, -0.2) is 0 Å². The number of halogens is 3. The number of fused-ring (bicyclic) bond motifs is 1. The molecule has 1 saturated heterocycles. The number of morpholine rings is 1.